The van der Waals surface area contributed by atoms with E-state index in [1.165, 1.54) is 37.3 Å². The molecule has 1 saturated heterocycles. The van der Waals surface area contributed by atoms with E-state index in [1.807, 2.05) is 0 Å². The van der Waals surface area contributed by atoms with Gasteiger partial charge in [-0.2, -0.15) is 11.8 Å². The van der Waals surface area contributed by atoms with Gasteiger partial charge in [-0.3, -0.25) is 0 Å². The van der Waals surface area contributed by atoms with Crippen LogP contribution in [0.5, 0.6) is 0 Å². The summed E-state index contributed by atoms with van der Waals surface area (Å²) in [4.78, 5) is 2.62. The third-order valence-corrected chi connectivity index (χ3v) is 5.64. The zero-order chi connectivity index (χ0) is 13.6. The van der Waals surface area contributed by atoms with Crippen molar-refractivity contribution in [2.24, 2.45) is 5.41 Å². The fraction of sp³-hybridized carbons (Fsp3) is 1.00. The van der Waals surface area contributed by atoms with Crippen molar-refractivity contribution in [1.82, 2.24) is 10.2 Å². The van der Waals surface area contributed by atoms with Crippen molar-refractivity contribution in [2.75, 3.05) is 31.6 Å². The van der Waals surface area contributed by atoms with Gasteiger partial charge < -0.3 is 10.2 Å². The number of hydrogen-bond donors (Lipinski definition) is 1. The molecule has 1 aliphatic heterocycles. The van der Waals surface area contributed by atoms with Crippen LogP contribution in [0.1, 0.15) is 47.0 Å². The third kappa shape index (κ3) is 4.75. The van der Waals surface area contributed by atoms with Crippen molar-refractivity contribution >= 4 is 11.8 Å². The monoisotopic (exact) mass is 272 g/mol. The van der Waals surface area contributed by atoms with Gasteiger partial charge in [-0.15, -0.1) is 0 Å². The Morgan fingerprint density at radius 2 is 2.00 bits per heavy atom. The molecule has 1 aliphatic rings. The van der Waals surface area contributed by atoms with Gasteiger partial charge in [-0.25, -0.2) is 0 Å². The Morgan fingerprint density at radius 1 is 1.33 bits per heavy atom. The van der Waals surface area contributed by atoms with Crippen LogP contribution in [-0.4, -0.2) is 48.6 Å². The first kappa shape index (κ1) is 16.3. The lowest BCUT2D eigenvalue weighted by Gasteiger charge is -2.38. The van der Waals surface area contributed by atoms with Crippen LogP contribution >= 0.6 is 11.8 Å². The zero-order valence-electron chi connectivity index (χ0n) is 13.0. The van der Waals surface area contributed by atoms with E-state index in [-0.39, 0.29) is 0 Å². The van der Waals surface area contributed by atoms with Crippen LogP contribution in [0.15, 0.2) is 0 Å². The maximum absolute atomic E-state index is 3.65. The summed E-state index contributed by atoms with van der Waals surface area (Å²) < 4.78 is 0. The standard InChI is InChI=1S/C15H32N2S/c1-6-15(7-2,11-16-13(3)4)12-17(5)14-8-9-18-10-14/h13-14,16H,6-12H2,1-5H3. The highest BCUT2D eigenvalue weighted by Crippen LogP contribution is 2.30. The normalized spacial score (nSPS) is 21.2. The van der Waals surface area contributed by atoms with E-state index in [2.05, 4.69) is 56.7 Å². The Hall–Kier alpha value is 0.270. The lowest BCUT2D eigenvalue weighted by Crippen LogP contribution is -2.46. The summed E-state index contributed by atoms with van der Waals surface area (Å²) in [7, 11) is 2.33. The molecule has 0 amide bonds. The Labute approximate surface area is 118 Å². The molecule has 0 bridgehead atoms. The molecule has 0 radical (unpaired) electrons. The number of nitrogens with zero attached hydrogens (tertiary/aromatic N) is 1. The molecule has 1 N–H and O–H groups in total. The van der Waals surface area contributed by atoms with Crippen LogP contribution < -0.4 is 5.32 Å². The number of nitrogens with one attached hydrogen (secondary N) is 1. The Bertz CT molecular complexity index is 221. The van der Waals surface area contributed by atoms with Gasteiger partial charge in [0.25, 0.3) is 0 Å². The van der Waals surface area contributed by atoms with Gasteiger partial charge in [-0.1, -0.05) is 27.7 Å². The first-order valence-corrected chi connectivity index (χ1v) is 8.70. The molecule has 1 fully saturated rings. The summed E-state index contributed by atoms with van der Waals surface area (Å²) in [5, 5.41) is 3.65. The maximum Gasteiger partial charge on any atom is 0.0191 e. The minimum atomic E-state index is 0.451. The van der Waals surface area contributed by atoms with Gasteiger partial charge in [0.2, 0.25) is 0 Å². The van der Waals surface area contributed by atoms with Crippen LogP contribution in [0.25, 0.3) is 0 Å². The molecule has 0 spiro atoms. The molecule has 1 heterocycles. The Kier molecular flexibility index (Phi) is 7.04. The first-order valence-electron chi connectivity index (χ1n) is 7.54. The van der Waals surface area contributed by atoms with Crippen LogP contribution in [0, 0.1) is 5.41 Å². The van der Waals surface area contributed by atoms with Gasteiger partial charge in [0.15, 0.2) is 0 Å². The van der Waals surface area contributed by atoms with Crippen molar-refractivity contribution in [3.63, 3.8) is 0 Å². The Morgan fingerprint density at radius 3 is 2.44 bits per heavy atom. The highest BCUT2D eigenvalue weighted by Gasteiger charge is 2.31. The Balaban J connectivity index is 2.53. The minimum absolute atomic E-state index is 0.451. The lowest BCUT2D eigenvalue weighted by atomic mass is 9.81. The molecular formula is C15H32N2S. The summed E-state index contributed by atoms with van der Waals surface area (Å²) >= 11 is 2.11. The highest BCUT2D eigenvalue weighted by atomic mass is 32.2. The molecular weight excluding hydrogens is 240 g/mol. The van der Waals surface area contributed by atoms with E-state index in [0.29, 0.717) is 11.5 Å². The summed E-state index contributed by atoms with van der Waals surface area (Å²) in [6.45, 7) is 11.6. The van der Waals surface area contributed by atoms with Gasteiger partial charge in [0.05, 0.1) is 0 Å². The van der Waals surface area contributed by atoms with Crippen molar-refractivity contribution < 1.29 is 0 Å². The third-order valence-electron chi connectivity index (χ3n) is 4.50. The van der Waals surface area contributed by atoms with Crippen LogP contribution in [0.3, 0.4) is 0 Å². The van der Waals surface area contributed by atoms with E-state index < -0.39 is 0 Å². The second-order valence-corrected chi connectivity index (χ2v) is 7.33. The number of thioether (sulfide) groups is 1. The van der Waals surface area contributed by atoms with Gasteiger partial charge in [0.1, 0.15) is 0 Å². The van der Waals surface area contributed by atoms with Crippen LogP contribution in [-0.2, 0) is 0 Å². The van der Waals surface area contributed by atoms with E-state index >= 15 is 0 Å². The summed E-state index contributed by atoms with van der Waals surface area (Å²) in [6.07, 6.45) is 3.92. The van der Waals surface area contributed by atoms with Gasteiger partial charge >= 0.3 is 0 Å². The number of hydrogen-bond acceptors (Lipinski definition) is 3. The summed E-state index contributed by atoms with van der Waals surface area (Å²) in [5.41, 5.74) is 0.451. The van der Waals surface area contributed by atoms with Gasteiger partial charge in [0, 0.05) is 30.9 Å². The molecule has 108 valence electrons. The SMILES string of the molecule is CCC(CC)(CNC(C)C)CN(C)C1CCSC1. The second-order valence-electron chi connectivity index (χ2n) is 6.18. The average molecular weight is 273 g/mol. The smallest absolute Gasteiger partial charge is 0.0191 e. The minimum Gasteiger partial charge on any atom is -0.314 e. The molecule has 0 aromatic heterocycles. The van der Waals surface area contributed by atoms with Crippen LogP contribution in [0.2, 0.25) is 0 Å². The quantitative estimate of drug-likeness (QED) is 0.730. The van der Waals surface area contributed by atoms with E-state index in [0.717, 1.165) is 12.6 Å². The fourth-order valence-electron chi connectivity index (χ4n) is 2.73. The predicted octanol–water partition coefficient (Wildman–Crippen LogP) is 3.23. The summed E-state index contributed by atoms with van der Waals surface area (Å²) in [6, 6.07) is 1.40. The molecule has 0 aromatic carbocycles. The maximum atomic E-state index is 3.65. The van der Waals surface area contributed by atoms with Crippen LogP contribution in [0.4, 0.5) is 0 Å². The molecule has 1 atom stereocenters. The highest BCUT2D eigenvalue weighted by molar-refractivity contribution is 7.99. The molecule has 0 aromatic rings. The average Bonchev–Trinajstić information content (AvgIpc) is 2.88. The van der Waals surface area contributed by atoms with Crippen molar-refractivity contribution in [1.29, 1.82) is 0 Å². The second kappa shape index (κ2) is 7.76. The summed E-state index contributed by atoms with van der Waals surface area (Å²) in [5.74, 6) is 2.68. The van der Waals surface area contributed by atoms with Gasteiger partial charge in [-0.05, 0) is 37.5 Å². The molecule has 1 rings (SSSR count). The molecule has 2 nitrogen and oxygen atoms in total. The topological polar surface area (TPSA) is 15.3 Å². The molecule has 18 heavy (non-hydrogen) atoms. The van der Waals surface area contributed by atoms with E-state index in [4.69, 9.17) is 0 Å². The molecule has 3 heteroatoms. The fourth-order valence-corrected chi connectivity index (χ4v) is 4.03. The largest absolute Gasteiger partial charge is 0.314 e. The lowest BCUT2D eigenvalue weighted by molar-refractivity contribution is 0.127. The zero-order valence-corrected chi connectivity index (χ0v) is 13.8. The van der Waals surface area contributed by atoms with E-state index in [9.17, 15) is 0 Å². The predicted molar refractivity (Wildman–Crippen MR) is 84.5 cm³/mol. The molecule has 1 unspecified atom stereocenters. The van der Waals surface area contributed by atoms with Crippen molar-refractivity contribution in [3.05, 3.63) is 0 Å². The van der Waals surface area contributed by atoms with E-state index in [1.54, 1.807) is 0 Å². The molecule has 0 saturated carbocycles. The van der Waals surface area contributed by atoms with Crippen molar-refractivity contribution in [3.8, 4) is 0 Å². The van der Waals surface area contributed by atoms with Crippen molar-refractivity contribution in [2.45, 2.75) is 59.0 Å². The molecule has 0 aliphatic carbocycles. The number of rotatable bonds is 8. The first-order chi connectivity index (χ1) is 8.53.